The Morgan fingerprint density at radius 2 is 1.85 bits per heavy atom. The number of hydrogen-bond acceptors (Lipinski definition) is 2. The molecule has 0 aliphatic heterocycles. The number of rotatable bonds is 1. The normalized spacial score (nSPS) is 11.7. The topological polar surface area (TPSA) is 54.4 Å². The van der Waals surface area contributed by atoms with Crippen LogP contribution in [0.4, 0.5) is 0 Å². The second-order valence-electron chi connectivity index (χ2n) is 2.79. The van der Waals surface area contributed by atoms with Crippen LogP contribution in [0.1, 0.15) is 11.1 Å². The van der Waals surface area contributed by atoms with Crippen LogP contribution >= 0.6 is 11.6 Å². The van der Waals surface area contributed by atoms with Crippen LogP contribution in [0.5, 0.6) is 0 Å². The van der Waals surface area contributed by atoms with Gasteiger partial charge in [-0.05, 0) is 31.0 Å². The van der Waals surface area contributed by atoms with Gasteiger partial charge in [-0.25, -0.2) is 0 Å². The molecule has 3 nitrogen and oxygen atoms in total. The molecule has 0 aromatic heterocycles. The first kappa shape index (κ1) is 10.5. The van der Waals surface area contributed by atoms with Gasteiger partial charge in [0, 0.05) is 0 Å². The highest BCUT2D eigenvalue weighted by Crippen LogP contribution is 2.26. The van der Waals surface area contributed by atoms with E-state index in [2.05, 4.69) is 0 Å². The highest BCUT2D eigenvalue weighted by Gasteiger charge is 2.16. The number of hydrogen-bond donors (Lipinski definition) is 1. The SMILES string of the molecule is Cc1ccc(S(=O)(=O)O)c(Cl)c1C. The van der Waals surface area contributed by atoms with Crippen LogP contribution in [0, 0.1) is 13.8 Å². The van der Waals surface area contributed by atoms with Gasteiger partial charge in [-0.3, -0.25) is 4.55 Å². The third kappa shape index (κ3) is 2.02. The molecule has 0 saturated carbocycles. The average molecular weight is 221 g/mol. The Balaban J connectivity index is 3.53. The lowest BCUT2D eigenvalue weighted by Gasteiger charge is -2.06. The van der Waals surface area contributed by atoms with E-state index < -0.39 is 10.1 Å². The summed E-state index contributed by atoms with van der Waals surface area (Å²) in [4.78, 5) is -0.239. The van der Waals surface area contributed by atoms with Crippen molar-refractivity contribution >= 4 is 21.7 Å². The van der Waals surface area contributed by atoms with Gasteiger partial charge in [-0.15, -0.1) is 0 Å². The van der Waals surface area contributed by atoms with Crippen LogP contribution in [0.25, 0.3) is 0 Å². The van der Waals surface area contributed by atoms with E-state index in [4.69, 9.17) is 16.2 Å². The van der Waals surface area contributed by atoms with Crippen LogP contribution < -0.4 is 0 Å². The molecule has 0 aliphatic carbocycles. The summed E-state index contributed by atoms with van der Waals surface area (Å²) in [5.41, 5.74) is 1.55. The lowest BCUT2D eigenvalue weighted by atomic mass is 10.1. The van der Waals surface area contributed by atoms with Crippen LogP contribution in [0.2, 0.25) is 5.02 Å². The van der Waals surface area contributed by atoms with Gasteiger partial charge in [0.2, 0.25) is 0 Å². The first-order valence-electron chi connectivity index (χ1n) is 3.57. The predicted octanol–water partition coefficient (Wildman–Crippen LogP) is 2.20. The van der Waals surface area contributed by atoms with Crippen molar-refractivity contribution in [3.8, 4) is 0 Å². The maximum atomic E-state index is 10.8. The summed E-state index contributed by atoms with van der Waals surface area (Å²) in [6, 6.07) is 2.89. The Morgan fingerprint density at radius 3 is 2.31 bits per heavy atom. The third-order valence-corrected chi connectivity index (χ3v) is 3.39. The molecular formula is C8H9ClO3S. The highest BCUT2D eigenvalue weighted by atomic mass is 35.5. The van der Waals surface area contributed by atoms with Crippen molar-refractivity contribution in [3.63, 3.8) is 0 Å². The molecule has 0 fully saturated rings. The minimum absolute atomic E-state index is 0.0856. The molecule has 0 saturated heterocycles. The first-order valence-corrected chi connectivity index (χ1v) is 5.39. The summed E-state index contributed by atoms with van der Waals surface area (Å²) < 4.78 is 30.3. The smallest absolute Gasteiger partial charge is 0.282 e. The summed E-state index contributed by atoms with van der Waals surface area (Å²) in [6.07, 6.45) is 0. The van der Waals surface area contributed by atoms with Crippen molar-refractivity contribution in [2.24, 2.45) is 0 Å². The molecule has 1 aromatic rings. The van der Waals surface area contributed by atoms with Gasteiger partial charge in [0.05, 0.1) is 5.02 Å². The van der Waals surface area contributed by atoms with Crippen LogP contribution in [-0.4, -0.2) is 13.0 Å². The fourth-order valence-corrected chi connectivity index (χ4v) is 2.08. The molecule has 0 bridgehead atoms. The van der Waals surface area contributed by atoms with E-state index in [1.165, 1.54) is 6.07 Å². The van der Waals surface area contributed by atoms with Gasteiger partial charge < -0.3 is 0 Å². The van der Waals surface area contributed by atoms with Crippen molar-refractivity contribution in [3.05, 3.63) is 28.3 Å². The number of aryl methyl sites for hydroxylation is 1. The minimum atomic E-state index is -4.20. The second-order valence-corrected chi connectivity index (χ2v) is 4.56. The van der Waals surface area contributed by atoms with Gasteiger partial charge in [-0.2, -0.15) is 8.42 Å². The van der Waals surface area contributed by atoms with E-state index in [1.807, 2.05) is 6.92 Å². The Morgan fingerprint density at radius 1 is 1.31 bits per heavy atom. The van der Waals surface area contributed by atoms with E-state index in [0.717, 1.165) is 5.56 Å². The Hall–Kier alpha value is -0.580. The molecule has 13 heavy (non-hydrogen) atoms. The van der Waals surface area contributed by atoms with Crippen molar-refractivity contribution in [1.82, 2.24) is 0 Å². The fourth-order valence-electron chi connectivity index (χ4n) is 0.956. The molecule has 0 spiro atoms. The maximum Gasteiger partial charge on any atom is 0.296 e. The lowest BCUT2D eigenvalue weighted by Crippen LogP contribution is -2.00. The molecule has 1 rings (SSSR count). The molecule has 1 aromatic carbocycles. The average Bonchev–Trinajstić information content (AvgIpc) is 1.98. The van der Waals surface area contributed by atoms with E-state index in [0.29, 0.717) is 5.56 Å². The quantitative estimate of drug-likeness (QED) is 0.739. The zero-order valence-corrected chi connectivity index (χ0v) is 8.78. The van der Waals surface area contributed by atoms with Gasteiger partial charge in [0.1, 0.15) is 4.90 Å². The summed E-state index contributed by atoms with van der Waals surface area (Å²) in [6.45, 7) is 3.52. The zero-order valence-electron chi connectivity index (χ0n) is 7.20. The molecule has 0 aliphatic rings. The fraction of sp³-hybridized carbons (Fsp3) is 0.250. The molecule has 0 atom stereocenters. The third-order valence-electron chi connectivity index (χ3n) is 1.90. The highest BCUT2D eigenvalue weighted by molar-refractivity contribution is 7.86. The number of benzene rings is 1. The molecule has 0 radical (unpaired) electrons. The largest absolute Gasteiger partial charge is 0.296 e. The summed E-state index contributed by atoms with van der Waals surface area (Å²) in [7, 11) is -4.20. The Kier molecular flexibility index (Phi) is 2.66. The minimum Gasteiger partial charge on any atom is -0.282 e. The lowest BCUT2D eigenvalue weighted by molar-refractivity contribution is 0.483. The standard InChI is InChI=1S/C8H9ClO3S/c1-5-3-4-7(13(10,11)12)8(9)6(5)2/h3-4H,1-2H3,(H,10,11,12). The number of halogens is 1. The Labute approximate surface area is 82.1 Å². The van der Waals surface area contributed by atoms with Gasteiger partial charge in [-0.1, -0.05) is 17.7 Å². The van der Waals surface area contributed by atoms with Gasteiger partial charge in [0.25, 0.3) is 10.1 Å². The van der Waals surface area contributed by atoms with E-state index in [1.54, 1.807) is 13.0 Å². The summed E-state index contributed by atoms with van der Waals surface area (Å²) in [5.74, 6) is 0. The Bertz CT molecular complexity index is 437. The van der Waals surface area contributed by atoms with Crippen LogP contribution in [0.3, 0.4) is 0 Å². The van der Waals surface area contributed by atoms with Crippen molar-refractivity contribution in [1.29, 1.82) is 0 Å². The molecule has 1 N–H and O–H groups in total. The van der Waals surface area contributed by atoms with Crippen molar-refractivity contribution in [2.75, 3.05) is 0 Å². The summed E-state index contributed by atoms with van der Waals surface area (Å²) >= 11 is 5.74. The van der Waals surface area contributed by atoms with E-state index in [-0.39, 0.29) is 9.92 Å². The zero-order chi connectivity index (χ0) is 10.2. The molecule has 72 valence electrons. The molecule has 5 heteroatoms. The van der Waals surface area contributed by atoms with Crippen LogP contribution in [-0.2, 0) is 10.1 Å². The monoisotopic (exact) mass is 220 g/mol. The van der Waals surface area contributed by atoms with E-state index >= 15 is 0 Å². The summed E-state index contributed by atoms with van der Waals surface area (Å²) in [5, 5.41) is 0.0856. The van der Waals surface area contributed by atoms with Crippen molar-refractivity contribution in [2.45, 2.75) is 18.7 Å². The molecular weight excluding hydrogens is 212 g/mol. The van der Waals surface area contributed by atoms with Crippen LogP contribution in [0.15, 0.2) is 17.0 Å². The van der Waals surface area contributed by atoms with Gasteiger partial charge >= 0.3 is 0 Å². The van der Waals surface area contributed by atoms with E-state index in [9.17, 15) is 8.42 Å². The second kappa shape index (κ2) is 3.29. The maximum absolute atomic E-state index is 10.8. The van der Waals surface area contributed by atoms with Crippen molar-refractivity contribution < 1.29 is 13.0 Å². The molecule has 0 unspecified atom stereocenters. The molecule has 0 amide bonds. The predicted molar refractivity (Wildman–Crippen MR) is 50.7 cm³/mol. The van der Waals surface area contributed by atoms with Gasteiger partial charge in [0.15, 0.2) is 0 Å². The molecule has 0 heterocycles. The first-order chi connectivity index (χ1) is 5.84.